The number of hydrogen-bond acceptors (Lipinski definition) is 3. The second-order valence-electron chi connectivity index (χ2n) is 4.65. The summed E-state index contributed by atoms with van der Waals surface area (Å²) in [6.45, 7) is 0. The van der Waals surface area contributed by atoms with Crippen LogP contribution in [-0.2, 0) is 6.42 Å². The van der Waals surface area contributed by atoms with Crippen molar-refractivity contribution >= 4 is 23.5 Å². The molecule has 2 heterocycles. The lowest BCUT2D eigenvalue weighted by Gasteiger charge is -2.17. The quantitative estimate of drug-likeness (QED) is 0.874. The molecular formula is C13H16OS2. The molecule has 1 nitrogen and oxygen atoms in total. The summed E-state index contributed by atoms with van der Waals surface area (Å²) in [5.41, 5.74) is 1.50. The monoisotopic (exact) mass is 252 g/mol. The van der Waals surface area contributed by atoms with Crippen LogP contribution >= 0.6 is 23.5 Å². The minimum Gasteiger partial charge on any atom is -0.392 e. The third-order valence-electron chi connectivity index (χ3n) is 3.44. The van der Waals surface area contributed by atoms with Crippen molar-refractivity contribution in [3.05, 3.63) is 29.8 Å². The van der Waals surface area contributed by atoms with Gasteiger partial charge < -0.3 is 5.11 Å². The summed E-state index contributed by atoms with van der Waals surface area (Å²) >= 11 is 3.90. The Kier molecular flexibility index (Phi) is 3.18. The van der Waals surface area contributed by atoms with Crippen LogP contribution in [0.25, 0.3) is 0 Å². The Morgan fingerprint density at radius 2 is 2.12 bits per heavy atom. The maximum atomic E-state index is 9.84. The van der Waals surface area contributed by atoms with Crippen molar-refractivity contribution in [1.82, 2.24) is 0 Å². The van der Waals surface area contributed by atoms with E-state index >= 15 is 0 Å². The lowest BCUT2D eigenvalue weighted by atomic mass is 9.97. The molecular weight excluding hydrogens is 236 g/mol. The number of thioether (sulfide) groups is 2. The van der Waals surface area contributed by atoms with E-state index in [0.29, 0.717) is 11.2 Å². The first-order chi connectivity index (χ1) is 7.83. The molecule has 0 spiro atoms. The van der Waals surface area contributed by atoms with Crippen LogP contribution in [0.1, 0.15) is 12.0 Å². The Morgan fingerprint density at radius 3 is 2.88 bits per heavy atom. The maximum Gasteiger partial charge on any atom is 0.0667 e. The Morgan fingerprint density at radius 1 is 1.25 bits per heavy atom. The van der Waals surface area contributed by atoms with Gasteiger partial charge in [-0.25, -0.2) is 0 Å². The topological polar surface area (TPSA) is 20.2 Å². The fourth-order valence-electron chi connectivity index (χ4n) is 2.54. The zero-order valence-electron chi connectivity index (χ0n) is 9.13. The van der Waals surface area contributed by atoms with Gasteiger partial charge >= 0.3 is 0 Å². The summed E-state index contributed by atoms with van der Waals surface area (Å²) in [6.07, 6.45) is 2.30. The summed E-state index contributed by atoms with van der Waals surface area (Å²) in [5, 5.41) is 10.5. The summed E-state index contributed by atoms with van der Waals surface area (Å²) in [7, 11) is 0. The van der Waals surface area contributed by atoms with Gasteiger partial charge in [-0.3, -0.25) is 0 Å². The van der Waals surface area contributed by atoms with Gasteiger partial charge in [0, 0.05) is 15.9 Å². The number of aliphatic hydroxyl groups is 1. The van der Waals surface area contributed by atoms with Gasteiger partial charge in [0.15, 0.2) is 0 Å². The van der Waals surface area contributed by atoms with Crippen LogP contribution in [-0.4, -0.2) is 28.0 Å². The van der Waals surface area contributed by atoms with Gasteiger partial charge in [0.05, 0.1) is 6.10 Å². The van der Waals surface area contributed by atoms with Crippen LogP contribution < -0.4 is 0 Å². The molecule has 3 heteroatoms. The van der Waals surface area contributed by atoms with Gasteiger partial charge in [0.1, 0.15) is 0 Å². The van der Waals surface area contributed by atoms with Crippen molar-refractivity contribution in [1.29, 1.82) is 0 Å². The predicted molar refractivity (Wildman–Crippen MR) is 71.2 cm³/mol. The molecule has 0 amide bonds. The zero-order valence-corrected chi connectivity index (χ0v) is 10.8. The van der Waals surface area contributed by atoms with Crippen LogP contribution in [0.15, 0.2) is 29.2 Å². The second-order valence-corrected chi connectivity index (χ2v) is 7.07. The van der Waals surface area contributed by atoms with Gasteiger partial charge in [0.25, 0.3) is 0 Å². The molecule has 2 aliphatic rings. The third-order valence-corrected chi connectivity index (χ3v) is 6.03. The van der Waals surface area contributed by atoms with Crippen LogP contribution in [0, 0.1) is 5.92 Å². The molecule has 0 aliphatic carbocycles. The Balaban J connectivity index is 1.63. The van der Waals surface area contributed by atoms with Gasteiger partial charge in [-0.2, -0.15) is 11.8 Å². The number of fused-ring (bicyclic) bond motifs is 1. The fraction of sp³-hybridized carbons (Fsp3) is 0.538. The standard InChI is InChI=1S/C13H16OS2/c14-12-8-15-7-10(12)6-11-5-9-3-1-2-4-13(9)16-11/h1-4,10-12,14H,5-8H2. The van der Waals surface area contributed by atoms with E-state index in [1.165, 1.54) is 23.3 Å². The minimum atomic E-state index is -0.0608. The first-order valence-corrected chi connectivity index (χ1v) is 7.87. The number of rotatable bonds is 2. The SMILES string of the molecule is OC1CSCC1CC1Cc2ccccc2S1. The van der Waals surface area contributed by atoms with Crippen molar-refractivity contribution in [3.63, 3.8) is 0 Å². The van der Waals surface area contributed by atoms with Crippen molar-refractivity contribution in [2.75, 3.05) is 11.5 Å². The molecule has 1 aromatic carbocycles. The summed E-state index contributed by atoms with van der Waals surface area (Å²) in [5.74, 6) is 2.61. The average Bonchev–Trinajstić information content (AvgIpc) is 2.85. The van der Waals surface area contributed by atoms with Crippen molar-refractivity contribution in [2.45, 2.75) is 29.1 Å². The highest BCUT2D eigenvalue weighted by molar-refractivity contribution is 8.00. The van der Waals surface area contributed by atoms with E-state index in [-0.39, 0.29) is 6.10 Å². The maximum absolute atomic E-state index is 9.84. The molecule has 3 unspecified atom stereocenters. The van der Waals surface area contributed by atoms with Gasteiger partial charge in [-0.05, 0) is 36.1 Å². The predicted octanol–water partition coefficient (Wildman–Crippen LogP) is 2.82. The fourth-order valence-corrected chi connectivity index (χ4v) is 5.27. The van der Waals surface area contributed by atoms with Crippen LogP contribution in [0.2, 0.25) is 0 Å². The van der Waals surface area contributed by atoms with E-state index in [1.807, 2.05) is 23.5 Å². The van der Waals surface area contributed by atoms with E-state index in [9.17, 15) is 5.11 Å². The second kappa shape index (κ2) is 4.63. The van der Waals surface area contributed by atoms with Crippen molar-refractivity contribution in [2.24, 2.45) is 5.92 Å². The first kappa shape index (κ1) is 11.0. The van der Waals surface area contributed by atoms with Crippen LogP contribution in [0.4, 0.5) is 0 Å². The molecule has 16 heavy (non-hydrogen) atoms. The Bertz CT molecular complexity index is 355. The minimum absolute atomic E-state index is 0.0608. The van der Waals surface area contributed by atoms with Gasteiger partial charge in [-0.15, -0.1) is 11.8 Å². The Hall–Kier alpha value is -0.120. The molecule has 0 aromatic heterocycles. The van der Waals surface area contributed by atoms with Crippen molar-refractivity contribution in [3.8, 4) is 0 Å². The summed E-state index contributed by atoms with van der Waals surface area (Å²) in [6, 6.07) is 8.71. The van der Waals surface area contributed by atoms with E-state index in [0.717, 1.165) is 11.5 Å². The molecule has 0 bridgehead atoms. The van der Waals surface area contributed by atoms with Crippen LogP contribution in [0.3, 0.4) is 0 Å². The highest BCUT2D eigenvalue weighted by atomic mass is 32.2. The van der Waals surface area contributed by atoms with E-state index in [1.54, 1.807) is 0 Å². The largest absolute Gasteiger partial charge is 0.392 e. The molecule has 1 fully saturated rings. The molecule has 0 saturated carbocycles. The molecule has 1 aromatic rings. The molecule has 3 atom stereocenters. The van der Waals surface area contributed by atoms with Crippen LogP contribution in [0.5, 0.6) is 0 Å². The third kappa shape index (κ3) is 2.13. The lowest BCUT2D eigenvalue weighted by Crippen LogP contribution is -2.21. The number of hydrogen-bond donors (Lipinski definition) is 1. The molecule has 1 saturated heterocycles. The lowest BCUT2D eigenvalue weighted by molar-refractivity contribution is 0.144. The van der Waals surface area contributed by atoms with Gasteiger partial charge in [-0.1, -0.05) is 18.2 Å². The number of aliphatic hydroxyl groups excluding tert-OH is 1. The highest BCUT2D eigenvalue weighted by Crippen LogP contribution is 2.41. The van der Waals surface area contributed by atoms with E-state index in [4.69, 9.17) is 0 Å². The Labute approximate surface area is 105 Å². The molecule has 3 rings (SSSR count). The zero-order chi connectivity index (χ0) is 11.0. The van der Waals surface area contributed by atoms with E-state index in [2.05, 4.69) is 24.3 Å². The molecule has 86 valence electrons. The smallest absolute Gasteiger partial charge is 0.0667 e. The molecule has 0 radical (unpaired) electrons. The molecule has 1 N–H and O–H groups in total. The van der Waals surface area contributed by atoms with Gasteiger partial charge in [0.2, 0.25) is 0 Å². The first-order valence-electron chi connectivity index (χ1n) is 5.83. The number of benzene rings is 1. The highest BCUT2D eigenvalue weighted by Gasteiger charge is 2.31. The van der Waals surface area contributed by atoms with E-state index < -0.39 is 0 Å². The molecule has 2 aliphatic heterocycles. The summed E-state index contributed by atoms with van der Waals surface area (Å²) in [4.78, 5) is 1.45. The van der Waals surface area contributed by atoms with Crippen molar-refractivity contribution < 1.29 is 5.11 Å². The average molecular weight is 252 g/mol. The normalized spacial score (nSPS) is 32.9. The summed E-state index contributed by atoms with van der Waals surface area (Å²) < 4.78 is 0.